The Balaban J connectivity index is 2.22. The molecule has 2 rings (SSSR count). The highest BCUT2D eigenvalue weighted by molar-refractivity contribution is 5.60. The smallest absolute Gasteiger partial charge is 0.143 e. The van der Waals surface area contributed by atoms with Gasteiger partial charge in [0.25, 0.3) is 0 Å². The number of hydrogen-bond acceptors (Lipinski definition) is 5. The number of anilines is 1. The van der Waals surface area contributed by atoms with Gasteiger partial charge in [-0.1, -0.05) is 19.1 Å². The number of methoxy groups -OCH3 is 1. The van der Waals surface area contributed by atoms with E-state index in [0.717, 1.165) is 17.8 Å². The summed E-state index contributed by atoms with van der Waals surface area (Å²) in [5.41, 5.74) is 1.92. The number of tetrazole rings is 1. The van der Waals surface area contributed by atoms with Crippen molar-refractivity contribution in [2.75, 3.05) is 19.0 Å². The molecular formula is C12H17N5O. The van der Waals surface area contributed by atoms with Crippen molar-refractivity contribution in [1.82, 2.24) is 20.2 Å². The standard InChI is InChI=1S/C12H17N5O/c1-3-10(8-18-2)14-11-6-4-5-7-12(11)17-9-13-15-16-17/h4-7,9-10,14H,3,8H2,1-2H3. The maximum absolute atomic E-state index is 5.19. The van der Waals surface area contributed by atoms with Gasteiger partial charge in [-0.05, 0) is 29.0 Å². The van der Waals surface area contributed by atoms with E-state index in [1.807, 2.05) is 24.3 Å². The first-order chi connectivity index (χ1) is 8.85. The maximum Gasteiger partial charge on any atom is 0.143 e. The van der Waals surface area contributed by atoms with E-state index in [0.29, 0.717) is 6.61 Å². The Hall–Kier alpha value is -1.95. The minimum absolute atomic E-state index is 0.271. The second-order valence-electron chi connectivity index (χ2n) is 3.98. The van der Waals surface area contributed by atoms with Crippen molar-refractivity contribution in [3.63, 3.8) is 0 Å². The molecule has 0 radical (unpaired) electrons. The van der Waals surface area contributed by atoms with Crippen LogP contribution >= 0.6 is 0 Å². The molecule has 18 heavy (non-hydrogen) atoms. The highest BCUT2D eigenvalue weighted by atomic mass is 16.5. The summed E-state index contributed by atoms with van der Waals surface area (Å²) in [5.74, 6) is 0. The van der Waals surface area contributed by atoms with Gasteiger partial charge >= 0.3 is 0 Å². The number of benzene rings is 1. The molecule has 2 aromatic rings. The van der Waals surface area contributed by atoms with Crippen molar-refractivity contribution < 1.29 is 4.74 Å². The predicted octanol–water partition coefficient (Wildman–Crippen LogP) is 1.50. The first kappa shape index (κ1) is 12.5. The van der Waals surface area contributed by atoms with Crippen molar-refractivity contribution in [3.8, 4) is 5.69 Å². The molecule has 0 amide bonds. The van der Waals surface area contributed by atoms with Crippen molar-refractivity contribution >= 4 is 5.69 Å². The van der Waals surface area contributed by atoms with Crippen LogP contribution in [0.25, 0.3) is 5.69 Å². The first-order valence-corrected chi connectivity index (χ1v) is 5.93. The Morgan fingerprint density at radius 2 is 2.22 bits per heavy atom. The average molecular weight is 247 g/mol. The van der Waals surface area contributed by atoms with Gasteiger partial charge in [-0.25, -0.2) is 0 Å². The van der Waals surface area contributed by atoms with Gasteiger partial charge in [0.15, 0.2) is 0 Å². The fraction of sp³-hybridized carbons (Fsp3) is 0.417. The van der Waals surface area contributed by atoms with E-state index >= 15 is 0 Å². The predicted molar refractivity (Wildman–Crippen MR) is 68.7 cm³/mol. The van der Waals surface area contributed by atoms with Gasteiger partial charge in [-0.3, -0.25) is 0 Å². The van der Waals surface area contributed by atoms with Crippen LogP contribution in [-0.4, -0.2) is 40.0 Å². The highest BCUT2D eigenvalue weighted by Gasteiger charge is 2.10. The minimum atomic E-state index is 0.271. The van der Waals surface area contributed by atoms with Gasteiger partial charge < -0.3 is 10.1 Å². The largest absolute Gasteiger partial charge is 0.383 e. The molecule has 0 aliphatic heterocycles. The lowest BCUT2D eigenvalue weighted by Crippen LogP contribution is -2.24. The normalized spacial score (nSPS) is 12.3. The third-order valence-electron chi connectivity index (χ3n) is 2.72. The summed E-state index contributed by atoms with van der Waals surface area (Å²) in [6.07, 6.45) is 2.57. The number of hydrogen-bond donors (Lipinski definition) is 1. The molecule has 6 nitrogen and oxygen atoms in total. The van der Waals surface area contributed by atoms with Crippen LogP contribution in [-0.2, 0) is 4.74 Å². The summed E-state index contributed by atoms with van der Waals surface area (Å²) >= 11 is 0. The fourth-order valence-corrected chi connectivity index (χ4v) is 1.75. The van der Waals surface area contributed by atoms with Crippen LogP contribution in [0.1, 0.15) is 13.3 Å². The number of aromatic nitrogens is 4. The van der Waals surface area contributed by atoms with Crippen molar-refractivity contribution in [1.29, 1.82) is 0 Å². The highest BCUT2D eigenvalue weighted by Crippen LogP contribution is 2.19. The minimum Gasteiger partial charge on any atom is -0.383 e. The number of rotatable bonds is 6. The second kappa shape index (κ2) is 6.11. The molecule has 0 bridgehead atoms. The lowest BCUT2D eigenvalue weighted by molar-refractivity contribution is 0.184. The summed E-state index contributed by atoms with van der Waals surface area (Å²) < 4.78 is 6.83. The van der Waals surface area contributed by atoms with E-state index in [1.165, 1.54) is 0 Å². The summed E-state index contributed by atoms with van der Waals surface area (Å²) in [6, 6.07) is 8.19. The van der Waals surface area contributed by atoms with Crippen molar-refractivity contribution in [3.05, 3.63) is 30.6 Å². The van der Waals surface area contributed by atoms with Crippen molar-refractivity contribution in [2.24, 2.45) is 0 Å². The van der Waals surface area contributed by atoms with Crippen LogP contribution in [0, 0.1) is 0 Å². The van der Waals surface area contributed by atoms with Gasteiger partial charge in [0.1, 0.15) is 6.33 Å². The molecule has 0 saturated carbocycles. The summed E-state index contributed by atoms with van der Waals surface area (Å²) in [4.78, 5) is 0. The molecule has 0 spiro atoms. The number of para-hydroxylation sites is 2. The van der Waals surface area contributed by atoms with Crippen molar-refractivity contribution in [2.45, 2.75) is 19.4 Å². The van der Waals surface area contributed by atoms with Crippen LogP contribution in [0.2, 0.25) is 0 Å². The zero-order valence-corrected chi connectivity index (χ0v) is 10.6. The molecule has 0 aliphatic rings. The van der Waals surface area contributed by atoms with E-state index in [9.17, 15) is 0 Å². The summed E-state index contributed by atoms with van der Waals surface area (Å²) in [5, 5.41) is 14.7. The average Bonchev–Trinajstić information content (AvgIpc) is 2.92. The van der Waals surface area contributed by atoms with Gasteiger partial charge in [-0.2, -0.15) is 4.68 Å². The number of ether oxygens (including phenoxy) is 1. The molecule has 1 atom stereocenters. The second-order valence-corrected chi connectivity index (χ2v) is 3.98. The Kier molecular flexibility index (Phi) is 4.25. The van der Waals surface area contributed by atoms with Crippen LogP contribution < -0.4 is 5.32 Å². The zero-order chi connectivity index (χ0) is 12.8. The monoisotopic (exact) mass is 247 g/mol. The van der Waals surface area contributed by atoms with Gasteiger partial charge in [0, 0.05) is 13.2 Å². The van der Waals surface area contributed by atoms with E-state index in [-0.39, 0.29) is 6.04 Å². The zero-order valence-electron chi connectivity index (χ0n) is 10.6. The molecule has 1 unspecified atom stereocenters. The fourth-order valence-electron chi connectivity index (χ4n) is 1.75. The van der Waals surface area contributed by atoms with E-state index in [2.05, 4.69) is 27.8 Å². The van der Waals surface area contributed by atoms with E-state index in [1.54, 1.807) is 18.1 Å². The van der Waals surface area contributed by atoms with E-state index < -0.39 is 0 Å². The van der Waals surface area contributed by atoms with Crippen LogP contribution in [0.4, 0.5) is 5.69 Å². The molecule has 1 aromatic carbocycles. The quantitative estimate of drug-likeness (QED) is 0.838. The Morgan fingerprint density at radius 1 is 1.39 bits per heavy atom. The summed E-state index contributed by atoms with van der Waals surface area (Å²) in [7, 11) is 1.71. The van der Waals surface area contributed by atoms with Crippen LogP contribution in [0.15, 0.2) is 30.6 Å². The molecule has 0 aliphatic carbocycles. The Morgan fingerprint density at radius 3 is 2.89 bits per heavy atom. The molecular weight excluding hydrogens is 230 g/mol. The topological polar surface area (TPSA) is 64.9 Å². The van der Waals surface area contributed by atoms with Crippen LogP contribution in [0.5, 0.6) is 0 Å². The lowest BCUT2D eigenvalue weighted by Gasteiger charge is -2.19. The molecule has 6 heteroatoms. The third kappa shape index (κ3) is 2.84. The third-order valence-corrected chi connectivity index (χ3v) is 2.72. The molecule has 1 N–H and O–H groups in total. The molecule has 0 saturated heterocycles. The Bertz CT molecular complexity index is 471. The van der Waals surface area contributed by atoms with E-state index in [4.69, 9.17) is 4.74 Å². The molecule has 1 aromatic heterocycles. The van der Waals surface area contributed by atoms with Gasteiger partial charge in [0.2, 0.25) is 0 Å². The number of nitrogens with zero attached hydrogens (tertiary/aromatic N) is 4. The molecule has 96 valence electrons. The summed E-state index contributed by atoms with van der Waals surface area (Å²) in [6.45, 7) is 2.79. The van der Waals surface area contributed by atoms with Crippen LogP contribution in [0.3, 0.4) is 0 Å². The van der Waals surface area contributed by atoms with Gasteiger partial charge in [-0.15, -0.1) is 5.10 Å². The molecule has 1 heterocycles. The first-order valence-electron chi connectivity index (χ1n) is 5.93. The van der Waals surface area contributed by atoms with Gasteiger partial charge in [0.05, 0.1) is 18.0 Å². The Labute approximate surface area is 106 Å². The lowest BCUT2D eigenvalue weighted by atomic mass is 10.2. The maximum atomic E-state index is 5.19. The number of nitrogens with one attached hydrogen (secondary N) is 1. The molecule has 0 fully saturated rings. The SMILES string of the molecule is CCC(COC)Nc1ccccc1-n1cnnn1.